The molecule has 0 aliphatic heterocycles. The number of primary sulfonamides is 3. The number of carbonyl (C=O) groups excluding carboxylic acids is 3. The maximum atomic E-state index is 13.8. The fourth-order valence-corrected chi connectivity index (χ4v) is 10.0. The van der Waals surface area contributed by atoms with Crippen LogP contribution in [0.4, 0.5) is 25.8 Å². The molecule has 8 aromatic rings. The predicted molar refractivity (Wildman–Crippen MR) is 310 cm³/mol. The molecule has 0 radical (unpaired) electrons. The topological polar surface area (TPSA) is 295 Å². The molecule has 8 aromatic carbocycles. The standard InChI is InChI=1S/C22H22N2O4S.C20H16F2N2O4S.C18H20N2O4S/c1-15-10-16(2)12-19(11-15)28-20-9-8-18(14-21(20)29(23,26)27)24-22(25)13-17-6-4-3-5-7-17;21-14-6-8-17(16(22)11-14)28-18-9-7-15(12-19(18)29(23,26)27)24-20(25)10-13-4-2-1-3-5-13;19-25(22,23)17-11-15(8-9-16(17)24-12-14-6-7-14)20-18(21)10-13-4-2-1-3-5-13/h3-12,14H,13H2,1-2H3,(H,24,25)(H2,23,26,27);1-9,11-12H,10H2,(H,24,25)(H2,23,26,27);1-5,8-9,11,14H,6-7,10,12H2,(H,20,21)(H2,19,22,23). The molecule has 1 saturated carbocycles. The molecule has 9 N–H and O–H groups in total. The molecule has 1 aliphatic carbocycles. The highest BCUT2D eigenvalue weighted by atomic mass is 32.2. The lowest BCUT2D eigenvalue weighted by Crippen LogP contribution is -2.17. The zero-order valence-corrected chi connectivity index (χ0v) is 47.2. The summed E-state index contributed by atoms with van der Waals surface area (Å²) in [6.07, 6.45) is 2.65. The number of nitrogens with two attached hydrogens (primary N) is 3. The Labute approximate surface area is 479 Å². The van der Waals surface area contributed by atoms with Gasteiger partial charge in [-0.1, -0.05) is 97.1 Å². The molecule has 9 rings (SSSR count). The predicted octanol–water partition coefficient (Wildman–Crippen LogP) is 9.81. The van der Waals surface area contributed by atoms with Crippen molar-refractivity contribution in [2.45, 2.75) is 60.6 Å². The molecule has 83 heavy (non-hydrogen) atoms. The van der Waals surface area contributed by atoms with Gasteiger partial charge >= 0.3 is 0 Å². The molecule has 3 amide bonds. The van der Waals surface area contributed by atoms with Gasteiger partial charge in [0.25, 0.3) is 0 Å². The van der Waals surface area contributed by atoms with Crippen LogP contribution in [0.3, 0.4) is 0 Å². The molecule has 0 heterocycles. The molecule has 0 atom stereocenters. The summed E-state index contributed by atoms with van der Waals surface area (Å²) in [6, 6.07) is 48.2. The zero-order valence-electron chi connectivity index (χ0n) is 44.8. The first kappa shape index (κ1) is 61.8. The molecule has 0 saturated heterocycles. The van der Waals surface area contributed by atoms with Gasteiger partial charge < -0.3 is 30.2 Å². The van der Waals surface area contributed by atoms with Crippen molar-refractivity contribution < 1.29 is 62.6 Å². The lowest BCUT2D eigenvalue weighted by molar-refractivity contribution is -0.116. The smallest absolute Gasteiger partial charge is 0.241 e. The second kappa shape index (κ2) is 27.8. The number of carbonyl (C=O) groups is 3. The van der Waals surface area contributed by atoms with Crippen molar-refractivity contribution in [2.75, 3.05) is 22.6 Å². The summed E-state index contributed by atoms with van der Waals surface area (Å²) in [4.78, 5) is 35.8. The first-order chi connectivity index (χ1) is 39.3. The largest absolute Gasteiger partial charge is 0.492 e. The van der Waals surface area contributed by atoms with Crippen molar-refractivity contribution in [1.82, 2.24) is 0 Å². The quantitative estimate of drug-likeness (QED) is 0.0441. The van der Waals surface area contributed by atoms with Gasteiger partial charge in [0.15, 0.2) is 11.6 Å². The number of hydrogen-bond acceptors (Lipinski definition) is 12. The molecule has 0 unspecified atom stereocenters. The first-order valence-corrected chi connectivity index (χ1v) is 30.0. The third-order valence-electron chi connectivity index (χ3n) is 11.9. The molecule has 0 bridgehead atoms. The number of ether oxygens (including phenoxy) is 3. The molecule has 0 spiro atoms. The van der Waals surface area contributed by atoms with E-state index in [2.05, 4.69) is 16.0 Å². The molecular weight excluding hydrogens is 1130 g/mol. The average Bonchev–Trinajstić information content (AvgIpc) is 4.44. The van der Waals surface area contributed by atoms with Crippen molar-refractivity contribution in [1.29, 1.82) is 0 Å². The Morgan fingerprint density at radius 2 is 0.819 bits per heavy atom. The third kappa shape index (κ3) is 19.7. The van der Waals surface area contributed by atoms with Crippen molar-refractivity contribution in [3.63, 3.8) is 0 Å². The number of rotatable bonds is 19. The van der Waals surface area contributed by atoms with E-state index in [1.165, 1.54) is 36.4 Å². The van der Waals surface area contributed by atoms with Gasteiger partial charge in [-0.05, 0) is 139 Å². The van der Waals surface area contributed by atoms with Crippen molar-refractivity contribution >= 4 is 64.9 Å². The van der Waals surface area contributed by atoms with Gasteiger partial charge in [-0.2, -0.15) is 0 Å². The summed E-state index contributed by atoms with van der Waals surface area (Å²) < 4.78 is 115. The summed E-state index contributed by atoms with van der Waals surface area (Å²) >= 11 is 0. The monoisotopic (exact) mass is 1190 g/mol. The second-order valence-electron chi connectivity index (χ2n) is 19.1. The molecule has 432 valence electrons. The van der Waals surface area contributed by atoms with Gasteiger partial charge in [0, 0.05) is 23.1 Å². The van der Waals surface area contributed by atoms with Crippen LogP contribution in [0, 0.1) is 31.4 Å². The maximum Gasteiger partial charge on any atom is 0.241 e. The van der Waals surface area contributed by atoms with E-state index in [1.807, 2.05) is 86.6 Å². The van der Waals surface area contributed by atoms with E-state index in [0.29, 0.717) is 35.7 Å². The summed E-state index contributed by atoms with van der Waals surface area (Å²) in [5.41, 5.74) is 5.34. The van der Waals surface area contributed by atoms with Crippen LogP contribution in [0.1, 0.15) is 40.7 Å². The lowest BCUT2D eigenvalue weighted by atomic mass is 10.1. The zero-order chi connectivity index (χ0) is 59.9. The number of amides is 3. The fourth-order valence-electron chi connectivity index (χ4n) is 7.96. The van der Waals surface area contributed by atoms with E-state index in [-0.39, 0.29) is 75.5 Å². The molecular formula is C60H58F2N6O12S3. The van der Waals surface area contributed by atoms with Crippen LogP contribution in [0.25, 0.3) is 0 Å². The maximum absolute atomic E-state index is 13.8. The summed E-state index contributed by atoms with van der Waals surface area (Å²) in [5.74, 6) is -2.02. The summed E-state index contributed by atoms with van der Waals surface area (Å²) in [6.45, 7) is 4.32. The van der Waals surface area contributed by atoms with E-state index < -0.39 is 46.6 Å². The van der Waals surface area contributed by atoms with Gasteiger partial charge in [-0.25, -0.2) is 49.5 Å². The molecule has 18 nitrogen and oxygen atoms in total. The van der Waals surface area contributed by atoms with Crippen molar-refractivity contribution in [2.24, 2.45) is 21.3 Å². The summed E-state index contributed by atoms with van der Waals surface area (Å²) in [7, 11) is -12.3. The minimum atomic E-state index is -4.26. The second-order valence-corrected chi connectivity index (χ2v) is 23.7. The summed E-state index contributed by atoms with van der Waals surface area (Å²) in [5, 5.41) is 23.8. The highest BCUT2D eigenvalue weighted by molar-refractivity contribution is 7.89. The normalized spacial score (nSPS) is 12.0. The fraction of sp³-hybridized carbons (Fsp3) is 0.150. The number of benzene rings is 8. The van der Waals surface area contributed by atoms with E-state index >= 15 is 0 Å². The van der Waals surface area contributed by atoms with Gasteiger partial charge in [-0.3, -0.25) is 14.4 Å². The Morgan fingerprint density at radius 3 is 1.19 bits per heavy atom. The molecule has 1 aliphatic rings. The van der Waals surface area contributed by atoms with Crippen LogP contribution in [0.2, 0.25) is 0 Å². The van der Waals surface area contributed by atoms with Crippen LogP contribution < -0.4 is 45.6 Å². The number of anilines is 3. The number of hydrogen-bond donors (Lipinski definition) is 6. The van der Waals surface area contributed by atoms with Crippen LogP contribution >= 0.6 is 0 Å². The molecule has 0 aromatic heterocycles. The Hall–Kier alpha value is -8.84. The third-order valence-corrected chi connectivity index (χ3v) is 14.7. The highest BCUT2D eigenvalue weighted by Crippen LogP contribution is 2.35. The van der Waals surface area contributed by atoms with Crippen molar-refractivity contribution in [3.05, 3.63) is 221 Å². The van der Waals surface area contributed by atoms with Crippen LogP contribution in [-0.4, -0.2) is 49.6 Å². The average molecular weight is 1190 g/mol. The Bertz CT molecular complexity index is 3950. The van der Waals surface area contributed by atoms with Crippen LogP contribution in [0.15, 0.2) is 197 Å². The Kier molecular flexibility index (Phi) is 20.7. The first-order valence-electron chi connectivity index (χ1n) is 25.4. The minimum Gasteiger partial charge on any atom is -0.492 e. The van der Waals surface area contributed by atoms with Gasteiger partial charge in [0.2, 0.25) is 47.8 Å². The van der Waals surface area contributed by atoms with Crippen LogP contribution in [0.5, 0.6) is 28.7 Å². The number of nitrogens with one attached hydrogen (secondary N) is 3. The Morgan fingerprint density at radius 1 is 0.458 bits per heavy atom. The van der Waals surface area contributed by atoms with Gasteiger partial charge in [0.1, 0.15) is 43.5 Å². The van der Waals surface area contributed by atoms with E-state index in [1.54, 1.807) is 48.5 Å². The van der Waals surface area contributed by atoms with E-state index in [9.17, 15) is 48.4 Å². The van der Waals surface area contributed by atoms with Gasteiger partial charge in [-0.15, -0.1) is 0 Å². The number of sulfonamides is 3. The SMILES string of the molecule is Cc1cc(C)cc(Oc2ccc(NC(=O)Cc3ccccc3)cc2S(N)(=O)=O)c1.NS(=O)(=O)c1cc(NC(=O)Cc2ccccc2)ccc1OCC1CC1.NS(=O)(=O)c1cc(NC(=O)Cc2ccccc2)ccc1Oc1ccc(F)cc1F. The molecule has 1 fully saturated rings. The molecule has 23 heteroatoms. The van der Waals surface area contributed by atoms with Crippen molar-refractivity contribution in [3.8, 4) is 28.7 Å². The number of halogens is 2. The number of aryl methyl sites for hydroxylation is 2. The Balaban J connectivity index is 0.000000180. The van der Waals surface area contributed by atoms with Crippen LogP contribution in [-0.2, 0) is 63.7 Å². The van der Waals surface area contributed by atoms with E-state index in [4.69, 9.17) is 29.6 Å². The lowest BCUT2D eigenvalue weighted by Gasteiger charge is -2.13. The van der Waals surface area contributed by atoms with E-state index in [0.717, 1.165) is 58.9 Å². The highest BCUT2D eigenvalue weighted by Gasteiger charge is 2.25. The minimum absolute atomic E-state index is 0.0879. The van der Waals surface area contributed by atoms with Gasteiger partial charge in [0.05, 0.1) is 25.9 Å².